The Morgan fingerprint density at radius 1 is 1.47 bits per heavy atom. The molecule has 0 aromatic heterocycles. The van der Waals surface area contributed by atoms with Crippen LogP contribution < -0.4 is 10.5 Å². The number of hydrogen-bond donors (Lipinski definition) is 2. The number of phenols is 1. The van der Waals surface area contributed by atoms with E-state index in [9.17, 15) is 8.78 Å². The fourth-order valence-corrected chi connectivity index (χ4v) is 1.56. The smallest absolute Gasteiger partial charge is 0.210 e. The van der Waals surface area contributed by atoms with Gasteiger partial charge in [-0.2, -0.15) is 4.39 Å². The molecule has 0 saturated heterocycles. The summed E-state index contributed by atoms with van der Waals surface area (Å²) in [5.74, 6) is -3.31. The lowest BCUT2D eigenvalue weighted by Crippen LogP contribution is -2.20. The predicted octanol–water partition coefficient (Wildman–Crippen LogP) is 1.63. The van der Waals surface area contributed by atoms with Gasteiger partial charge in [-0.3, -0.25) is 0 Å². The molecule has 0 bridgehead atoms. The molecule has 3 nitrogen and oxygen atoms in total. The maximum Gasteiger partial charge on any atom is 0.210 e. The van der Waals surface area contributed by atoms with Crippen LogP contribution in [0.4, 0.5) is 8.78 Å². The second kappa shape index (κ2) is 3.06. The third-order valence-electron chi connectivity index (χ3n) is 2.68. The molecule has 0 heterocycles. The fourth-order valence-electron chi connectivity index (χ4n) is 1.56. The number of nitrogens with two attached hydrogens (primary N) is 1. The maximum atomic E-state index is 13.4. The molecule has 0 unspecified atom stereocenters. The molecule has 2 rings (SSSR count). The Hall–Kier alpha value is -1.36. The summed E-state index contributed by atoms with van der Waals surface area (Å²) in [7, 11) is 1.25. The van der Waals surface area contributed by atoms with Crippen molar-refractivity contribution in [3.8, 4) is 11.5 Å². The Morgan fingerprint density at radius 3 is 2.53 bits per heavy atom. The summed E-state index contributed by atoms with van der Waals surface area (Å²) in [6.07, 6.45) is 1.32. The van der Waals surface area contributed by atoms with E-state index in [0.29, 0.717) is 12.8 Å². The van der Waals surface area contributed by atoms with Crippen LogP contribution in [0.1, 0.15) is 18.4 Å². The molecule has 5 heteroatoms. The first kappa shape index (κ1) is 10.2. The van der Waals surface area contributed by atoms with Crippen molar-refractivity contribution < 1.29 is 18.6 Å². The molecular formula is C10H11F2NO2. The van der Waals surface area contributed by atoms with E-state index in [1.165, 1.54) is 7.11 Å². The summed E-state index contributed by atoms with van der Waals surface area (Å²) in [6.45, 7) is 0. The lowest BCUT2D eigenvalue weighted by atomic mass is 10.0. The average Bonchev–Trinajstić information content (AvgIpc) is 2.94. The van der Waals surface area contributed by atoms with E-state index in [1.807, 2.05) is 0 Å². The molecule has 1 aliphatic rings. The quantitative estimate of drug-likeness (QED) is 0.788. The van der Waals surface area contributed by atoms with Crippen LogP contribution in [0, 0.1) is 11.6 Å². The number of halogens is 2. The highest BCUT2D eigenvalue weighted by Crippen LogP contribution is 2.48. The van der Waals surface area contributed by atoms with E-state index in [-0.39, 0.29) is 11.3 Å². The summed E-state index contributed by atoms with van der Waals surface area (Å²) in [5, 5.41) is 9.06. The van der Waals surface area contributed by atoms with Gasteiger partial charge in [0.15, 0.2) is 17.3 Å². The van der Waals surface area contributed by atoms with Crippen LogP contribution in [-0.2, 0) is 5.54 Å². The van der Waals surface area contributed by atoms with Crippen molar-refractivity contribution in [3.05, 3.63) is 23.3 Å². The zero-order chi connectivity index (χ0) is 11.2. The molecule has 1 aromatic rings. The predicted molar refractivity (Wildman–Crippen MR) is 49.7 cm³/mol. The molecule has 15 heavy (non-hydrogen) atoms. The lowest BCUT2D eigenvalue weighted by molar-refractivity contribution is 0.342. The molecule has 1 aromatic carbocycles. The molecule has 3 N–H and O–H groups in total. The average molecular weight is 215 g/mol. The Bertz CT molecular complexity index is 416. The normalized spacial score (nSPS) is 17.6. The molecule has 1 saturated carbocycles. The number of phenolic OH excluding ortho intramolecular Hbond substituents is 1. The minimum absolute atomic E-state index is 0.172. The number of ether oxygens (including phenoxy) is 1. The molecule has 82 valence electrons. The molecule has 1 fully saturated rings. The van der Waals surface area contributed by atoms with Gasteiger partial charge in [0.1, 0.15) is 0 Å². The SMILES string of the molecule is COc1c(C2(N)CC2)cc(F)c(O)c1F. The highest BCUT2D eigenvalue weighted by Gasteiger charge is 2.44. The van der Waals surface area contributed by atoms with Crippen molar-refractivity contribution in [1.29, 1.82) is 0 Å². The van der Waals surface area contributed by atoms with Gasteiger partial charge < -0.3 is 15.6 Å². The van der Waals surface area contributed by atoms with Crippen molar-refractivity contribution in [2.45, 2.75) is 18.4 Å². The molecule has 0 atom stereocenters. The maximum absolute atomic E-state index is 13.4. The number of aromatic hydroxyl groups is 1. The second-order valence-corrected chi connectivity index (χ2v) is 3.76. The Kier molecular flexibility index (Phi) is 2.08. The summed E-state index contributed by atoms with van der Waals surface area (Å²) in [6, 6.07) is 1.03. The third kappa shape index (κ3) is 1.43. The van der Waals surface area contributed by atoms with E-state index >= 15 is 0 Å². The van der Waals surface area contributed by atoms with Crippen molar-refractivity contribution in [2.75, 3.05) is 7.11 Å². The van der Waals surface area contributed by atoms with Gasteiger partial charge >= 0.3 is 0 Å². The van der Waals surface area contributed by atoms with Gasteiger partial charge in [-0.05, 0) is 18.9 Å². The van der Waals surface area contributed by atoms with E-state index in [4.69, 9.17) is 15.6 Å². The fraction of sp³-hybridized carbons (Fsp3) is 0.400. The van der Waals surface area contributed by atoms with Crippen LogP contribution in [0.2, 0.25) is 0 Å². The Morgan fingerprint density at radius 2 is 2.07 bits per heavy atom. The summed E-state index contributed by atoms with van der Waals surface area (Å²) in [5.41, 5.74) is 5.41. The largest absolute Gasteiger partial charge is 0.503 e. The van der Waals surface area contributed by atoms with Crippen LogP contribution in [-0.4, -0.2) is 12.2 Å². The Labute approximate surface area is 85.5 Å². The first-order chi connectivity index (χ1) is 6.99. The van der Waals surface area contributed by atoms with Crippen LogP contribution in [0.15, 0.2) is 6.07 Å². The van der Waals surface area contributed by atoms with Crippen LogP contribution >= 0.6 is 0 Å². The van der Waals surface area contributed by atoms with Crippen molar-refractivity contribution >= 4 is 0 Å². The Balaban J connectivity index is 2.63. The van der Waals surface area contributed by atoms with E-state index in [2.05, 4.69) is 0 Å². The van der Waals surface area contributed by atoms with Gasteiger partial charge in [0.05, 0.1) is 7.11 Å². The van der Waals surface area contributed by atoms with E-state index in [0.717, 1.165) is 6.07 Å². The highest BCUT2D eigenvalue weighted by molar-refractivity contribution is 5.48. The molecule has 0 radical (unpaired) electrons. The van der Waals surface area contributed by atoms with Crippen LogP contribution in [0.25, 0.3) is 0 Å². The molecular weight excluding hydrogens is 204 g/mol. The van der Waals surface area contributed by atoms with Gasteiger partial charge in [0, 0.05) is 11.1 Å². The third-order valence-corrected chi connectivity index (χ3v) is 2.68. The number of methoxy groups -OCH3 is 1. The van der Waals surface area contributed by atoms with Crippen LogP contribution in [0.5, 0.6) is 11.5 Å². The van der Waals surface area contributed by atoms with E-state index < -0.39 is 22.9 Å². The first-order valence-corrected chi connectivity index (χ1v) is 4.54. The number of rotatable bonds is 2. The van der Waals surface area contributed by atoms with Gasteiger partial charge in [-0.25, -0.2) is 4.39 Å². The molecule has 0 spiro atoms. The molecule has 1 aliphatic carbocycles. The lowest BCUT2D eigenvalue weighted by Gasteiger charge is -2.15. The van der Waals surface area contributed by atoms with Gasteiger partial charge in [0.25, 0.3) is 0 Å². The summed E-state index contributed by atoms with van der Waals surface area (Å²) < 4.78 is 31.3. The number of benzene rings is 1. The zero-order valence-corrected chi connectivity index (χ0v) is 8.18. The zero-order valence-electron chi connectivity index (χ0n) is 8.18. The first-order valence-electron chi connectivity index (χ1n) is 4.54. The van der Waals surface area contributed by atoms with Gasteiger partial charge in [-0.15, -0.1) is 0 Å². The van der Waals surface area contributed by atoms with Gasteiger partial charge in [0.2, 0.25) is 5.82 Å². The minimum Gasteiger partial charge on any atom is -0.503 e. The molecule has 0 amide bonds. The highest BCUT2D eigenvalue weighted by atomic mass is 19.1. The summed E-state index contributed by atoms with van der Waals surface area (Å²) in [4.78, 5) is 0. The standard InChI is InChI=1S/C10H11F2NO2/c1-15-9-5(10(13)2-3-10)4-6(11)8(14)7(9)12/h4,14H,2-3,13H2,1H3. The van der Waals surface area contributed by atoms with Gasteiger partial charge in [-0.1, -0.05) is 0 Å². The minimum atomic E-state index is -1.09. The van der Waals surface area contributed by atoms with Crippen molar-refractivity contribution in [2.24, 2.45) is 5.73 Å². The second-order valence-electron chi connectivity index (χ2n) is 3.76. The summed E-state index contributed by atoms with van der Waals surface area (Å²) >= 11 is 0. The topological polar surface area (TPSA) is 55.5 Å². The van der Waals surface area contributed by atoms with E-state index in [1.54, 1.807) is 0 Å². The van der Waals surface area contributed by atoms with Crippen molar-refractivity contribution in [1.82, 2.24) is 0 Å². The van der Waals surface area contributed by atoms with Crippen LogP contribution in [0.3, 0.4) is 0 Å². The monoisotopic (exact) mass is 215 g/mol. The van der Waals surface area contributed by atoms with Crippen molar-refractivity contribution in [3.63, 3.8) is 0 Å². The molecule has 0 aliphatic heterocycles. The number of hydrogen-bond acceptors (Lipinski definition) is 3.